The van der Waals surface area contributed by atoms with Crippen molar-refractivity contribution in [3.8, 4) is 0 Å². The number of hydrogen-bond acceptors (Lipinski definition) is 4. The molecule has 5 nitrogen and oxygen atoms in total. The highest BCUT2D eigenvalue weighted by Crippen LogP contribution is 2.31. The third-order valence-electron chi connectivity index (χ3n) is 3.78. The standard InChI is InChI=1S/C14H25N3O2S/c1-6-14(3,4)17(5)13-10-11(8-9-12(13)15)20(18,19)16-7-2/h8-10,16H,6-7,15H2,1-5H3. The van der Waals surface area contributed by atoms with Crippen LogP contribution >= 0.6 is 0 Å². The van der Waals surface area contributed by atoms with Crippen molar-refractivity contribution in [3.63, 3.8) is 0 Å². The zero-order valence-corrected chi connectivity index (χ0v) is 13.7. The Morgan fingerprint density at radius 1 is 1.30 bits per heavy atom. The minimum Gasteiger partial charge on any atom is -0.397 e. The Balaban J connectivity index is 3.30. The van der Waals surface area contributed by atoms with Crippen LogP contribution in [0.4, 0.5) is 11.4 Å². The van der Waals surface area contributed by atoms with Crippen LogP contribution in [0.3, 0.4) is 0 Å². The van der Waals surface area contributed by atoms with Crippen molar-refractivity contribution < 1.29 is 8.42 Å². The zero-order valence-electron chi connectivity index (χ0n) is 12.9. The van der Waals surface area contributed by atoms with Gasteiger partial charge in [0.15, 0.2) is 0 Å². The second-order valence-electron chi connectivity index (χ2n) is 5.45. The molecule has 6 heteroatoms. The summed E-state index contributed by atoms with van der Waals surface area (Å²) < 4.78 is 26.6. The summed E-state index contributed by atoms with van der Waals surface area (Å²) >= 11 is 0. The molecule has 0 atom stereocenters. The Labute approximate surface area is 122 Å². The van der Waals surface area contributed by atoms with Gasteiger partial charge < -0.3 is 10.6 Å². The molecule has 1 aromatic carbocycles. The minimum absolute atomic E-state index is 0.102. The topological polar surface area (TPSA) is 75.4 Å². The molecule has 0 aliphatic rings. The molecule has 1 aromatic rings. The van der Waals surface area contributed by atoms with Gasteiger partial charge in [-0.2, -0.15) is 0 Å². The van der Waals surface area contributed by atoms with E-state index >= 15 is 0 Å². The number of sulfonamides is 1. The Kier molecular flexibility index (Phi) is 5.05. The fraction of sp³-hybridized carbons (Fsp3) is 0.571. The second kappa shape index (κ2) is 6.01. The Bertz CT molecular complexity index is 568. The first kappa shape index (κ1) is 16.8. The molecule has 0 radical (unpaired) electrons. The number of hydrogen-bond donors (Lipinski definition) is 2. The molecular formula is C14H25N3O2S. The molecule has 0 aliphatic carbocycles. The van der Waals surface area contributed by atoms with Crippen molar-refractivity contribution in [2.75, 3.05) is 24.2 Å². The van der Waals surface area contributed by atoms with Gasteiger partial charge in [0.1, 0.15) is 0 Å². The Morgan fingerprint density at radius 2 is 1.90 bits per heavy atom. The fourth-order valence-electron chi connectivity index (χ4n) is 1.82. The average Bonchev–Trinajstić information content (AvgIpc) is 2.38. The van der Waals surface area contributed by atoms with Crippen LogP contribution in [-0.4, -0.2) is 27.5 Å². The van der Waals surface area contributed by atoms with Crippen LogP contribution in [0.15, 0.2) is 23.1 Å². The molecule has 0 heterocycles. The van der Waals surface area contributed by atoms with E-state index in [2.05, 4.69) is 25.5 Å². The molecule has 0 aromatic heterocycles. The van der Waals surface area contributed by atoms with E-state index in [-0.39, 0.29) is 10.4 Å². The van der Waals surface area contributed by atoms with E-state index in [1.54, 1.807) is 19.1 Å². The number of rotatable bonds is 6. The summed E-state index contributed by atoms with van der Waals surface area (Å²) in [6.45, 7) is 8.39. The molecular weight excluding hydrogens is 274 g/mol. The van der Waals surface area contributed by atoms with E-state index in [1.165, 1.54) is 6.07 Å². The molecule has 0 saturated heterocycles. The van der Waals surface area contributed by atoms with E-state index in [1.807, 2.05) is 11.9 Å². The molecule has 1 rings (SSSR count). The lowest BCUT2D eigenvalue weighted by Gasteiger charge is -2.37. The summed E-state index contributed by atoms with van der Waals surface area (Å²) in [5.41, 5.74) is 7.21. The van der Waals surface area contributed by atoms with Crippen LogP contribution in [0, 0.1) is 0 Å². The first-order valence-electron chi connectivity index (χ1n) is 6.78. The van der Waals surface area contributed by atoms with Gasteiger partial charge in [0.25, 0.3) is 0 Å². The van der Waals surface area contributed by atoms with Crippen molar-refractivity contribution in [2.45, 2.75) is 44.6 Å². The number of nitrogens with two attached hydrogens (primary N) is 1. The maximum Gasteiger partial charge on any atom is 0.240 e. The van der Waals surface area contributed by atoms with E-state index in [4.69, 9.17) is 5.73 Å². The summed E-state index contributed by atoms with van der Waals surface area (Å²) in [7, 11) is -1.54. The van der Waals surface area contributed by atoms with Crippen LogP contribution in [0.25, 0.3) is 0 Å². The van der Waals surface area contributed by atoms with Crippen LogP contribution in [0.2, 0.25) is 0 Å². The highest BCUT2D eigenvalue weighted by atomic mass is 32.2. The predicted molar refractivity (Wildman–Crippen MR) is 84.5 cm³/mol. The summed E-state index contributed by atoms with van der Waals surface area (Å²) in [6, 6.07) is 4.80. The normalized spacial score (nSPS) is 12.4. The highest BCUT2D eigenvalue weighted by Gasteiger charge is 2.24. The van der Waals surface area contributed by atoms with Crippen molar-refractivity contribution in [2.24, 2.45) is 0 Å². The Hall–Kier alpha value is -1.27. The number of nitrogens with one attached hydrogen (secondary N) is 1. The maximum atomic E-state index is 12.1. The zero-order chi connectivity index (χ0) is 15.6. The summed E-state index contributed by atoms with van der Waals surface area (Å²) in [6.07, 6.45) is 0.924. The van der Waals surface area contributed by atoms with Gasteiger partial charge in [0.2, 0.25) is 10.0 Å². The first-order chi connectivity index (χ1) is 9.15. The van der Waals surface area contributed by atoms with Gasteiger partial charge in [-0.1, -0.05) is 13.8 Å². The van der Waals surface area contributed by atoms with Gasteiger partial charge in [0, 0.05) is 19.1 Å². The van der Waals surface area contributed by atoms with E-state index < -0.39 is 10.0 Å². The van der Waals surface area contributed by atoms with Gasteiger partial charge in [-0.15, -0.1) is 0 Å². The SMILES string of the molecule is CCNS(=O)(=O)c1ccc(N)c(N(C)C(C)(C)CC)c1. The molecule has 0 bridgehead atoms. The molecule has 0 aliphatic heterocycles. The van der Waals surface area contributed by atoms with Crippen LogP contribution in [0.1, 0.15) is 34.1 Å². The van der Waals surface area contributed by atoms with Gasteiger partial charge in [-0.3, -0.25) is 0 Å². The summed E-state index contributed by atoms with van der Waals surface area (Å²) in [4.78, 5) is 2.26. The van der Waals surface area contributed by atoms with E-state index in [0.717, 1.165) is 12.1 Å². The van der Waals surface area contributed by atoms with Crippen molar-refractivity contribution in [1.82, 2.24) is 4.72 Å². The fourth-order valence-corrected chi connectivity index (χ4v) is 2.88. The number of anilines is 2. The molecule has 0 amide bonds. The smallest absolute Gasteiger partial charge is 0.240 e. The largest absolute Gasteiger partial charge is 0.397 e. The molecule has 0 saturated carbocycles. The van der Waals surface area contributed by atoms with Crippen LogP contribution in [-0.2, 0) is 10.0 Å². The Morgan fingerprint density at radius 3 is 2.40 bits per heavy atom. The van der Waals surface area contributed by atoms with Gasteiger partial charge in [-0.25, -0.2) is 13.1 Å². The van der Waals surface area contributed by atoms with Gasteiger partial charge >= 0.3 is 0 Å². The molecule has 0 fully saturated rings. The molecule has 0 unspecified atom stereocenters. The first-order valence-corrected chi connectivity index (χ1v) is 8.27. The number of nitrogen functional groups attached to an aromatic ring is 1. The third kappa shape index (κ3) is 3.43. The summed E-state index contributed by atoms with van der Waals surface area (Å²) in [5, 5.41) is 0. The van der Waals surface area contributed by atoms with Gasteiger partial charge in [-0.05, 0) is 38.5 Å². The molecule has 0 spiro atoms. The van der Waals surface area contributed by atoms with E-state index in [0.29, 0.717) is 12.2 Å². The molecule has 114 valence electrons. The number of nitrogens with zero attached hydrogens (tertiary/aromatic N) is 1. The second-order valence-corrected chi connectivity index (χ2v) is 7.21. The van der Waals surface area contributed by atoms with Gasteiger partial charge in [0.05, 0.1) is 16.3 Å². The van der Waals surface area contributed by atoms with Crippen LogP contribution in [0.5, 0.6) is 0 Å². The maximum absolute atomic E-state index is 12.1. The minimum atomic E-state index is -3.47. The quantitative estimate of drug-likeness (QED) is 0.790. The lowest BCUT2D eigenvalue weighted by atomic mass is 9.99. The lowest BCUT2D eigenvalue weighted by molar-refractivity contribution is 0.471. The summed E-state index contributed by atoms with van der Waals surface area (Å²) in [5.74, 6) is 0. The van der Waals surface area contributed by atoms with E-state index in [9.17, 15) is 8.42 Å². The molecule has 3 N–H and O–H groups in total. The van der Waals surface area contributed by atoms with Crippen molar-refractivity contribution in [1.29, 1.82) is 0 Å². The predicted octanol–water partition coefficient (Wildman–Crippen LogP) is 2.19. The molecule has 20 heavy (non-hydrogen) atoms. The van der Waals surface area contributed by atoms with Crippen molar-refractivity contribution in [3.05, 3.63) is 18.2 Å². The van der Waals surface area contributed by atoms with Crippen LogP contribution < -0.4 is 15.4 Å². The third-order valence-corrected chi connectivity index (χ3v) is 5.32. The van der Waals surface area contributed by atoms with Crippen molar-refractivity contribution >= 4 is 21.4 Å². The average molecular weight is 299 g/mol. The highest BCUT2D eigenvalue weighted by molar-refractivity contribution is 7.89. The monoisotopic (exact) mass is 299 g/mol. The number of benzene rings is 1. The lowest BCUT2D eigenvalue weighted by Crippen LogP contribution is -2.41.